The Morgan fingerprint density at radius 3 is 1.90 bits per heavy atom. The average Bonchev–Trinajstić information content (AvgIpc) is 2.67. The zero-order valence-electron chi connectivity index (χ0n) is 16.7. The molecule has 3 aromatic carbocycles. The number of ether oxygens (including phenoxy) is 3. The summed E-state index contributed by atoms with van der Waals surface area (Å²) in [6.07, 6.45) is 0.281. The number of rotatable bonds is 5. The van der Waals surface area contributed by atoms with Crippen molar-refractivity contribution in [2.24, 2.45) is 0 Å². The Bertz CT molecular complexity index is 1140. The maximum atomic E-state index is 11.9. The third-order valence-corrected chi connectivity index (χ3v) is 4.68. The third kappa shape index (κ3) is 4.86. The van der Waals surface area contributed by atoms with Crippen LogP contribution in [-0.2, 0) is 20.8 Å². The highest BCUT2D eigenvalue weighted by atomic mass is 79.9. The van der Waals surface area contributed by atoms with Gasteiger partial charge in [0.25, 0.3) is 0 Å². The van der Waals surface area contributed by atoms with Crippen molar-refractivity contribution in [1.82, 2.24) is 0 Å². The first kappa shape index (κ1) is 21.5. The number of hydrogen-bond donors (Lipinski definition) is 0. The lowest BCUT2D eigenvalue weighted by Gasteiger charge is -2.20. The second kappa shape index (κ2) is 9.09. The minimum Gasteiger partial charge on any atom is -0.426 e. The molecule has 0 fully saturated rings. The van der Waals surface area contributed by atoms with E-state index in [-0.39, 0.29) is 23.7 Å². The summed E-state index contributed by atoms with van der Waals surface area (Å²) in [5, 5.41) is 1.01. The molecule has 0 unspecified atom stereocenters. The van der Waals surface area contributed by atoms with E-state index >= 15 is 0 Å². The van der Waals surface area contributed by atoms with Crippen LogP contribution in [0.25, 0.3) is 10.8 Å². The first-order valence-corrected chi connectivity index (χ1v) is 9.92. The number of benzene rings is 3. The van der Waals surface area contributed by atoms with Crippen LogP contribution in [0, 0.1) is 0 Å². The fourth-order valence-corrected chi connectivity index (χ4v) is 3.51. The van der Waals surface area contributed by atoms with Crippen LogP contribution in [0.1, 0.15) is 31.9 Å². The van der Waals surface area contributed by atoms with Gasteiger partial charge in [0.2, 0.25) is 0 Å². The van der Waals surface area contributed by atoms with Gasteiger partial charge in [-0.05, 0) is 23.8 Å². The van der Waals surface area contributed by atoms with Crippen molar-refractivity contribution in [1.29, 1.82) is 0 Å². The molecular weight excluding hydrogens is 452 g/mol. The van der Waals surface area contributed by atoms with Gasteiger partial charge in [0.1, 0.15) is 5.75 Å². The van der Waals surface area contributed by atoms with Crippen LogP contribution in [-0.4, -0.2) is 17.9 Å². The van der Waals surface area contributed by atoms with Gasteiger partial charge in [-0.3, -0.25) is 14.4 Å². The van der Waals surface area contributed by atoms with Crippen LogP contribution < -0.4 is 14.2 Å². The molecule has 6 nitrogen and oxygen atoms in total. The number of fused-ring (bicyclic) bond motifs is 1. The quantitative estimate of drug-likeness (QED) is 0.386. The summed E-state index contributed by atoms with van der Waals surface area (Å²) in [4.78, 5) is 35.7. The Hall–Kier alpha value is -3.19. The monoisotopic (exact) mass is 470 g/mol. The minimum atomic E-state index is -0.594. The van der Waals surface area contributed by atoms with Gasteiger partial charge in [-0.1, -0.05) is 46.3 Å². The number of hydrogen-bond acceptors (Lipinski definition) is 6. The summed E-state index contributed by atoms with van der Waals surface area (Å²) in [6.45, 7) is 3.81. The highest BCUT2D eigenvalue weighted by molar-refractivity contribution is 9.10. The van der Waals surface area contributed by atoms with E-state index in [0.717, 1.165) is 10.0 Å². The Morgan fingerprint density at radius 1 is 0.733 bits per heavy atom. The van der Waals surface area contributed by atoms with E-state index in [2.05, 4.69) is 15.9 Å². The molecule has 0 atom stereocenters. The first-order chi connectivity index (χ1) is 14.3. The molecule has 7 heteroatoms. The largest absolute Gasteiger partial charge is 0.426 e. The van der Waals surface area contributed by atoms with Crippen molar-refractivity contribution < 1.29 is 28.6 Å². The standard InChI is InChI=1S/C23H19BrO6/c1-13(25)28-21-19-12-17(24)9-10-18(19)22(29-14(2)26)23(30-15(3)27)20(21)11-16-7-5-4-6-8-16/h4-10,12H,11H2,1-3H3. The van der Waals surface area contributed by atoms with Crippen LogP contribution in [0.5, 0.6) is 17.2 Å². The average molecular weight is 471 g/mol. The maximum Gasteiger partial charge on any atom is 0.308 e. The lowest BCUT2D eigenvalue weighted by atomic mass is 9.97. The molecule has 0 spiro atoms. The Labute approximate surface area is 181 Å². The van der Waals surface area contributed by atoms with Crippen LogP contribution >= 0.6 is 15.9 Å². The molecule has 0 N–H and O–H groups in total. The van der Waals surface area contributed by atoms with Crippen LogP contribution in [0.3, 0.4) is 0 Å². The second-order valence-corrected chi connectivity index (χ2v) is 7.51. The molecule has 0 aliphatic rings. The topological polar surface area (TPSA) is 78.9 Å². The first-order valence-electron chi connectivity index (χ1n) is 9.13. The molecule has 3 rings (SSSR count). The van der Waals surface area contributed by atoms with E-state index < -0.39 is 17.9 Å². The van der Waals surface area contributed by atoms with Crippen LogP contribution in [0.15, 0.2) is 53.0 Å². The maximum absolute atomic E-state index is 11.9. The van der Waals surface area contributed by atoms with Gasteiger partial charge in [-0.2, -0.15) is 0 Å². The molecular formula is C23H19BrO6. The van der Waals surface area contributed by atoms with Gasteiger partial charge in [0.15, 0.2) is 11.5 Å². The van der Waals surface area contributed by atoms with Gasteiger partial charge in [-0.15, -0.1) is 0 Å². The number of carbonyl (C=O) groups is 3. The summed E-state index contributed by atoms with van der Waals surface area (Å²) >= 11 is 3.42. The van der Waals surface area contributed by atoms with E-state index in [1.54, 1.807) is 18.2 Å². The summed E-state index contributed by atoms with van der Waals surface area (Å²) in [7, 11) is 0. The van der Waals surface area contributed by atoms with Crippen molar-refractivity contribution in [2.45, 2.75) is 27.2 Å². The molecule has 0 amide bonds. The van der Waals surface area contributed by atoms with Gasteiger partial charge >= 0.3 is 17.9 Å². The van der Waals surface area contributed by atoms with Crippen molar-refractivity contribution in [3.63, 3.8) is 0 Å². The molecule has 0 aliphatic carbocycles. The lowest BCUT2D eigenvalue weighted by Crippen LogP contribution is -2.13. The Balaban J connectivity index is 2.42. The van der Waals surface area contributed by atoms with E-state index in [0.29, 0.717) is 16.3 Å². The smallest absolute Gasteiger partial charge is 0.308 e. The molecule has 0 aromatic heterocycles. The molecule has 0 heterocycles. The van der Waals surface area contributed by atoms with E-state index in [4.69, 9.17) is 14.2 Å². The molecule has 0 saturated carbocycles. The second-order valence-electron chi connectivity index (χ2n) is 6.60. The zero-order valence-corrected chi connectivity index (χ0v) is 18.2. The van der Waals surface area contributed by atoms with Gasteiger partial charge in [0, 0.05) is 48.0 Å². The number of carbonyl (C=O) groups excluding carboxylic acids is 3. The van der Waals surface area contributed by atoms with E-state index in [1.807, 2.05) is 30.3 Å². The van der Waals surface area contributed by atoms with E-state index in [9.17, 15) is 14.4 Å². The Kier molecular flexibility index (Phi) is 6.52. The summed E-state index contributed by atoms with van der Waals surface area (Å²) < 4.78 is 17.3. The van der Waals surface area contributed by atoms with Crippen LogP contribution in [0.2, 0.25) is 0 Å². The molecule has 30 heavy (non-hydrogen) atoms. The fraction of sp³-hybridized carbons (Fsp3) is 0.174. The summed E-state index contributed by atoms with van der Waals surface area (Å²) in [6, 6.07) is 14.6. The highest BCUT2D eigenvalue weighted by Gasteiger charge is 2.26. The number of halogens is 1. The molecule has 0 radical (unpaired) electrons. The zero-order chi connectivity index (χ0) is 21.8. The number of esters is 3. The molecule has 3 aromatic rings. The van der Waals surface area contributed by atoms with Gasteiger partial charge in [0.05, 0.1) is 0 Å². The van der Waals surface area contributed by atoms with E-state index in [1.165, 1.54) is 20.8 Å². The third-order valence-electron chi connectivity index (χ3n) is 4.19. The molecule has 154 valence electrons. The minimum absolute atomic E-state index is 0.0487. The summed E-state index contributed by atoms with van der Waals surface area (Å²) in [5.41, 5.74) is 1.32. The Morgan fingerprint density at radius 2 is 1.30 bits per heavy atom. The highest BCUT2D eigenvalue weighted by Crippen LogP contribution is 2.48. The molecule has 0 aliphatic heterocycles. The lowest BCUT2D eigenvalue weighted by molar-refractivity contribution is -0.134. The van der Waals surface area contributed by atoms with Crippen molar-refractivity contribution in [3.05, 3.63) is 64.1 Å². The predicted molar refractivity (Wildman–Crippen MR) is 115 cm³/mol. The predicted octanol–water partition coefficient (Wildman–Crippen LogP) is 4.97. The van der Waals surface area contributed by atoms with Gasteiger partial charge < -0.3 is 14.2 Å². The fourth-order valence-electron chi connectivity index (χ4n) is 3.14. The van der Waals surface area contributed by atoms with Crippen molar-refractivity contribution in [3.8, 4) is 17.2 Å². The molecule has 0 bridgehead atoms. The normalized spacial score (nSPS) is 10.5. The SMILES string of the molecule is CC(=O)Oc1c(Cc2ccccc2)c(OC(C)=O)c2cc(Br)ccc2c1OC(C)=O. The molecule has 0 saturated heterocycles. The van der Waals surface area contributed by atoms with Crippen molar-refractivity contribution >= 4 is 44.6 Å². The van der Waals surface area contributed by atoms with Crippen molar-refractivity contribution in [2.75, 3.05) is 0 Å². The summed E-state index contributed by atoms with van der Waals surface area (Å²) in [5.74, 6) is -1.30. The van der Waals surface area contributed by atoms with Gasteiger partial charge in [-0.25, -0.2) is 0 Å². The van der Waals surface area contributed by atoms with Crippen LogP contribution in [0.4, 0.5) is 0 Å².